The fourth-order valence-electron chi connectivity index (χ4n) is 0.870. The van der Waals surface area contributed by atoms with Crippen LogP contribution in [0.3, 0.4) is 0 Å². The minimum atomic E-state index is -2.75. The summed E-state index contributed by atoms with van der Waals surface area (Å²) < 4.78 is 26.2. The number of anilines is 1. The molecule has 0 aliphatic rings. The van der Waals surface area contributed by atoms with E-state index in [9.17, 15) is 13.6 Å². The summed E-state index contributed by atoms with van der Waals surface area (Å²) in [5.74, 6) is 0. The second-order valence-corrected chi connectivity index (χ2v) is 2.65. The predicted molar refractivity (Wildman–Crippen MR) is 42.6 cm³/mol. The van der Waals surface area contributed by atoms with E-state index in [1.165, 1.54) is 13.2 Å². The van der Waals surface area contributed by atoms with Crippen LogP contribution in [0.1, 0.15) is 12.1 Å². The number of carbonyl (C=O) groups excluding carboxylic acids is 1. The minimum absolute atomic E-state index is 0.103. The summed E-state index contributed by atoms with van der Waals surface area (Å²) in [5, 5.41) is 3.46. The molecular weight excluding hydrogens is 204 g/mol. The van der Waals surface area contributed by atoms with Crippen LogP contribution in [0.2, 0.25) is 0 Å². The van der Waals surface area contributed by atoms with E-state index in [4.69, 9.17) is 11.8 Å². The molecule has 1 aromatic rings. The molecule has 0 saturated carbocycles. The van der Waals surface area contributed by atoms with Crippen molar-refractivity contribution in [1.82, 2.24) is 9.78 Å². The largest absolute Gasteiger partial charge is 0.284 e. The Balaban J connectivity index is 3.11. The van der Waals surface area contributed by atoms with Crippen LogP contribution in [0.15, 0.2) is 6.20 Å². The monoisotopic (exact) mass is 209 g/mol. The summed E-state index contributed by atoms with van der Waals surface area (Å²) in [5.41, 5.74) is -0.612. The highest BCUT2D eigenvalue weighted by Gasteiger charge is 2.20. The van der Waals surface area contributed by atoms with Gasteiger partial charge in [-0.15, -0.1) is 0 Å². The maximum atomic E-state index is 12.3. The molecule has 1 rings (SSSR count). The topological polar surface area (TPSA) is 38.1 Å². The van der Waals surface area contributed by atoms with E-state index in [1.807, 2.05) is 0 Å². The Labute approximate surface area is 77.8 Å². The van der Waals surface area contributed by atoms with Crippen molar-refractivity contribution in [1.29, 1.82) is 0 Å². The summed E-state index contributed by atoms with van der Waals surface area (Å²) in [6.07, 6.45) is -1.29. The first-order valence-corrected chi connectivity index (χ1v) is 3.62. The van der Waals surface area contributed by atoms with Gasteiger partial charge in [0.1, 0.15) is 5.69 Å². The standard InChI is InChI=1S/C6H6ClF2N3O/c1-11-2-4(12(7)3-13)5(10-11)6(8)9/h2-3,6H,1H3. The van der Waals surface area contributed by atoms with E-state index in [0.717, 1.165) is 4.68 Å². The summed E-state index contributed by atoms with van der Waals surface area (Å²) in [4.78, 5) is 10.2. The Hall–Kier alpha value is -1.17. The molecule has 7 heteroatoms. The third-order valence-corrected chi connectivity index (χ3v) is 1.63. The minimum Gasteiger partial charge on any atom is -0.277 e. The SMILES string of the molecule is Cn1cc(N(Cl)C=O)c(C(F)F)n1. The van der Waals surface area contributed by atoms with Crippen LogP contribution in [0.5, 0.6) is 0 Å². The van der Waals surface area contributed by atoms with Gasteiger partial charge in [0.15, 0.2) is 5.69 Å². The van der Waals surface area contributed by atoms with Gasteiger partial charge in [0.2, 0.25) is 6.41 Å². The van der Waals surface area contributed by atoms with E-state index in [0.29, 0.717) is 4.42 Å². The Morgan fingerprint density at radius 2 is 2.38 bits per heavy atom. The first-order chi connectivity index (χ1) is 6.06. The Kier molecular flexibility index (Phi) is 2.82. The molecule has 0 atom stereocenters. The van der Waals surface area contributed by atoms with Gasteiger partial charge in [-0.1, -0.05) is 0 Å². The van der Waals surface area contributed by atoms with Gasteiger partial charge < -0.3 is 0 Å². The lowest BCUT2D eigenvalue weighted by Crippen LogP contribution is -2.07. The molecule has 0 aliphatic heterocycles. The molecule has 4 nitrogen and oxygen atoms in total. The normalized spacial score (nSPS) is 10.5. The zero-order chi connectivity index (χ0) is 10.0. The highest BCUT2D eigenvalue weighted by molar-refractivity contribution is 6.33. The summed E-state index contributed by atoms with van der Waals surface area (Å²) >= 11 is 5.33. The number of amides is 1. The van der Waals surface area contributed by atoms with Crippen LogP contribution < -0.4 is 4.42 Å². The predicted octanol–water partition coefficient (Wildman–Crippen LogP) is 1.47. The molecule has 0 aliphatic carbocycles. The van der Waals surface area contributed by atoms with Crippen LogP contribution >= 0.6 is 11.8 Å². The fraction of sp³-hybridized carbons (Fsp3) is 0.333. The molecule has 0 spiro atoms. The third-order valence-electron chi connectivity index (χ3n) is 1.37. The zero-order valence-corrected chi connectivity index (χ0v) is 7.37. The van der Waals surface area contributed by atoms with Crippen LogP contribution in [0.4, 0.5) is 14.5 Å². The van der Waals surface area contributed by atoms with Gasteiger partial charge in [0, 0.05) is 18.8 Å². The number of hydrogen-bond acceptors (Lipinski definition) is 2. The molecule has 13 heavy (non-hydrogen) atoms. The van der Waals surface area contributed by atoms with E-state index < -0.39 is 12.1 Å². The van der Waals surface area contributed by atoms with Gasteiger partial charge in [-0.05, 0) is 0 Å². The zero-order valence-electron chi connectivity index (χ0n) is 6.62. The number of aryl methyl sites for hydroxylation is 1. The smallest absolute Gasteiger partial charge is 0.277 e. The average Bonchev–Trinajstić information content (AvgIpc) is 2.46. The van der Waals surface area contributed by atoms with Crippen LogP contribution in [-0.4, -0.2) is 16.2 Å². The van der Waals surface area contributed by atoms with Crippen molar-refractivity contribution in [2.24, 2.45) is 7.05 Å². The van der Waals surface area contributed by atoms with Crippen LogP contribution in [0, 0.1) is 0 Å². The van der Waals surface area contributed by atoms with Crippen molar-refractivity contribution >= 4 is 23.9 Å². The maximum Gasteiger partial charge on any atom is 0.284 e. The first-order valence-electron chi connectivity index (χ1n) is 3.28. The Bertz CT molecular complexity index is 315. The molecule has 0 bridgehead atoms. The van der Waals surface area contributed by atoms with Gasteiger partial charge in [-0.25, -0.2) is 13.2 Å². The van der Waals surface area contributed by atoms with E-state index >= 15 is 0 Å². The highest BCUT2D eigenvalue weighted by atomic mass is 35.5. The fourth-order valence-corrected chi connectivity index (χ4v) is 1.00. The number of carbonyl (C=O) groups is 1. The molecule has 0 radical (unpaired) electrons. The molecule has 0 saturated heterocycles. The van der Waals surface area contributed by atoms with Crippen molar-refractivity contribution in [2.45, 2.75) is 6.43 Å². The number of aromatic nitrogens is 2. The van der Waals surface area contributed by atoms with Gasteiger partial charge in [0.25, 0.3) is 6.43 Å². The molecule has 1 amide bonds. The van der Waals surface area contributed by atoms with Gasteiger partial charge >= 0.3 is 0 Å². The lowest BCUT2D eigenvalue weighted by molar-refractivity contribution is -0.106. The van der Waals surface area contributed by atoms with Crippen molar-refractivity contribution < 1.29 is 13.6 Å². The van der Waals surface area contributed by atoms with Crippen LogP contribution in [0.25, 0.3) is 0 Å². The molecule has 1 aromatic heterocycles. The molecule has 72 valence electrons. The molecule has 0 N–H and O–H groups in total. The Morgan fingerprint density at radius 3 is 2.85 bits per heavy atom. The second-order valence-electron chi connectivity index (χ2n) is 2.29. The van der Waals surface area contributed by atoms with Gasteiger partial charge in [0.05, 0.1) is 6.20 Å². The lowest BCUT2D eigenvalue weighted by atomic mass is 10.4. The first kappa shape index (κ1) is 9.91. The molecule has 1 heterocycles. The third kappa shape index (κ3) is 1.95. The Morgan fingerprint density at radius 1 is 1.77 bits per heavy atom. The van der Waals surface area contributed by atoms with Crippen molar-refractivity contribution in [3.05, 3.63) is 11.9 Å². The quantitative estimate of drug-likeness (QED) is 0.559. The lowest BCUT2D eigenvalue weighted by Gasteiger charge is -2.04. The van der Waals surface area contributed by atoms with Crippen molar-refractivity contribution in [3.63, 3.8) is 0 Å². The number of rotatable bonds is 3. The number of hydrogen-bond donors (Lipinski definition) is 0. The number of halogens is 3. The second kappa shape index (κ2) is 3.69. The highest BCUT2D eigenvalue weighted by Crippen LogP contribution is 2.28. The average molecular weight is 210 g/mol. The van der Waals surface area contributed by atoms with Crippen molar-refractivity contribution in [2.75, 3.05) is 4.42 Å². The van der Waals surface area contributed by atoms with Gasteiger partial charge in [-0.3, -0.25) is 9.48 Å². The van der Waals surface area contributed by atoms with E-state index in [-0.39, 0.29) is 12.1 Å². The van der Waals surface area contributed by atoms with E-state index in [1.54, 1.807) is 0 Å². The number of nitrogens with zero attached hydrogens (tertiary/aromatic N) is 3. The van der Waals surface area contributed by atoms with Crippen LogP contribution in [-0.2, 0) is 11.8 Å². The molecule has 0 unspecified atom stereocenters. The van der Waals surface area contributed by atoms with E-state index in [2.05, 4.69) is 5.10 Å². The van der Waals surface area contributed by atoms with Gasteiger partial charge in [-0.2, -0.15) is 5.10 Å². The maximum absolute atomic E-state index is 12.3. The summed E-state index contributed by atoms with van der Waals surface area (Å²) in [7, 11) is 1.46. The molecular formula is C6H6ClF2N3O. The molecule has 0 aromatic carbocycles. The molecule has 0 fully saturated rings. The van der Waals surface area contributed by atoms with Crippen molar-refractivity contribution in [3.8, 4) is 0 Å². The summed E-state index contributed by atoms with van der Waals surface area (Å²) in [6, 6.07) is 0. The number of alkyl halides is 2. The summed E-state index contributed by atoms with van der Waals surface area (Å²) in [6.45, 7) is 0.